The van der Waals surface area contributed by atoms with Crippen LogP contribution in [0.2, 0.25) is 0 Å². The highest BCUT2D eigenvalue weighted by atomic mass is 15.2. The van der Waals surface area contributed by atoms with Crippen molar-refractivity contribution in [2.45, 2.75) is 57.5 Å². The summed E-state index contributed by atoms with van der Waals surface area (Å²) in [5.41, 5.74) is 0. The molecule has 2 aliphatic rings. The van der Waals surface area contributed by atoms with Gasteiger partial charge in [-0.05, 0) is 45.2 Å². The van der Waals surface area contributed by atoms with Gasteiger partial charge < -0.3 is 14.8 Å². The van der Waals surface area contributed by atoms with E-state index in [1.54, 1.807) is 0 Å². The molecule has 0 aromatic carbocycles. The summed E-state index contributed by atoms with van der Waals surface area (Å²) in [6, 6.07) is 0.638. The van der Waals surface area contributed by atoms with Crippen molar-refractivity contribution in [3.05, 3.63) is 12.4 Å². The third-order valence-corrected chi connectivity index (χ3v) is 4.83. The SMILES string of the molecule is CN1CCCC(Cn2ccnc2NC2CCCCC2)C1. The zero-order valence-corrected chi connectivity index (χ0v) is 12.7. The molecule has 0 spiro atoms. The minimum absolute atomic E-state index is 0.638. The van der Waals surface area contributed by atoms with Gasteiger partial charge in [0, 0.05) is 31.5 Å². The molecule has 1 aromatic rings. The van der Waals surface area contributed by atoms with Crippen LogP contribution in [0.5, 0.6) is 0 Å². The number of piperidine rings is 1. The summed E-state index contributed by atoms with van der Waals surface area (Å²) in [5.74, 6) is 1.86. The van der Waals surface area contributed by atoms with Crippen molar-refractivity contribution in [1.29, 1.82) is 0 Å². The van der Waals surface area contributed by atoms with Gasteiger partial charge in [0.05, 0.1) is 0 Å². The number of anilines is 1. The molecule has 0 bridgehead atoms. The van der Waals surface area contributed by atoms with Crippen molar-refractivity contribution in [2.75, 3.05) is 25.5 Å². The van der Waals surface area contributed by atoms with Crippen LogP contribution < -0.4 is 5.32 Å². The fourth-order valence-electron chi connectivity index (χ4n) is 3.73. The van der Waals surface area contributed by atoms with Gasteiger partial charge in [-0.2, -0.15) is 0 Å². The zero-order valence-electron chi connectivity index (χ0n) is 12.7. The molecule has 1 atom stereocenters. The van der Waals surface area contributed by atoms with Crippen LogP contribution in [-0.2, 0) is 6.54 Å². The Labute approximate surface area is 122 Å². The molecule has 1 N–H and O–H groups in total. The van der Waals surface area contributed by atoms with E-state index in [9.17, 15) is 0 Å². The van der Waals surface area contributed by atoms with Crippen LogP contribution in [0, 0.1) is 5.92 Å². The lowest BCUT2D eigenvalue weighted by molar-refractivity contribution is 0.195. The summed E-state index contributed by atoms with van der Waals surface area (Å²) in [5, 5.41) is 3.67. The molecular weight excluding hydrogens is 248 g/mol. The molecule has 2 fully saturated rings. The third kappa shape index (κ3) is 3.54. The van der Waals surface area contributed by atoms with Crippen LogP contribution in [0.25, 0.3) is 0 Å². The Balaban J connectivity index is 1.58. The lowest BCUT2D eigenvalue weighted by Crippen LogP contribution is -2.34. The average molecular weight is 276 g/mol. The van der Waals surface area contributed by atoms with Crippen LogP contribution in [0.4, 0.5) is 5.95 Å². The number of likely N-dealkylation sites (tertiary alicyclic amines) is 1. The first-order valence-electron chi connectivity index (χ1n) is 8.27. The minimum atomic E-state index is 0.638. The van der Waals surface area contributed by atoms with Crippen molar-refractivity contribution in [3.63, 3.8) is 0 Å². The number of hydrogen-bond acceptors (Lipinski definition) is 3. The van der Waals surface area contributed by atoms with E-state index in [0.717, 1.165) is 18.4 Å². The smallest absolute Gasteiger partial charge is 0.202 e. The maximum absolute atomic E-state index is 4.53. The molecule has 0 amide bonds. The molecule has 1 aromatic heterocycles. The highest BCUT2D eigenvalue weighted by Gasteiger charge is 2.20. The summed E-state index contributed by atoms with van der Waals surface area (Å²) in [4.78, 5) is 6.99. The maximum atomic E-state index is 4.53. The summed E-state index contributed by atoms with van der Waals surface area (Å²) in [6.45, 7) is 3.59. The molecule has 1 saturated heterocycles. The average Bonchev–Trinajstić information content (AvgIpc) is 2.87. The first kappa shape index (κ1) is 13.9. The first-order valence-corrected chi connectivity index (χ1v) is 8.27. The Morgan fingerprint density at radius 3 is 2.85 bits per heavy atom. The van der Waals surface area contributed by atoms with E-state index in [1.807, 2.05) is 6.20 Å². The highest BCUT2D eigenvalue weighted by Crippen LogP contribution is 2.23. The van der Waals surface area contributed by atoms with Crippen molar-refractivity contribution < 1.29 is 0 Å². The molecule has 4 nitrogen and oxygen atoms in total. The van der Waals surface area contributed by atoms with Crippen molar-refractivity contribution in [3.8, 4) is 0 Å². The Bertz CT molecular complexity index is 408. The molecule has 1 aliphatic heterocycles. The first-order chi connectivity index (χ1) is 9.81. The molecule has 112 valence electrons. The molecule has 3 rings (SSSR count). The highest BCUT2D eigenvalue weighted by molar-refractivity contribution is 5.27. The second-order valence-corrected chi connectivity index (χ2v) is 6.65. The largest absolute Gasteiger partial charge is 0.353 e. The summed E-state index contributed by atoms with van der Waals surface area (Å²) in [7, 11) is 2.24. The zero-order chi connectivity index (χ0) is 13.8. The maximum Gasteiger partial charge on any atom is 0.202 e. The van der Waals surface area contributed by atoms with E-state index < -0.39 is 0 Å². The molecule has 1 unspecified atom stereocenters. The predicted octanol–water partition coefficient (Wildman–Crippen LogP) is 2.97. The van der Waals surface area contributed by atoms with Gasteiger partial charge in [-0.15, -0.1) is 0 Å². The Morgan fingerprint density at radius 2 is 2.05 bits per heavy atom. The number of aromatic nitrogens is 2. The molecule has 20 heavy (non-hydrogen) atoms. The summed E-state index contributed by atoms with van der Waals surface area (Å²) >= 11 is 0. The lowest BCUT2D eigenvalue weighted by Gasteiger charge is -2.30. The minimum Gasteiger partial charge on any atom is -0.353 e. The monoisotopic (exact) mass is 276 g/mol. The fraction of sp³-hybridized carbons (Fsp3) is 0.812. The van der Waals surface area contributed by atoms with Gasteiger partial charge >= 0.3 is 0 Å². The number of nitrogens with zero attached hydrogens (tertiary/aromatic N) is 3. The van der Waals surface area contributed by atoms with E-state index in [-0.39, 0.29) is 0 Å². The quantitative estimate of drug-likeness (QED) is 0.918. The standard InChI is InChI=1S/C16H28N4/c1-19-10-5-6-14(12-19)13-20-11-9-17-16(20)18-15-7-3-2-4-8-15/h9,11,14-15H,2-8,10,12-13H2,1H3,(H,17,18). The molecule has 4 heteroatoms. The number of nitrogens with one attached hydrogen (secondary N) is 1. The van der Waals surface area contributed by atoms with Crippen molar-refractivity contribution in [2.24, 2.45) is 5.92 Å². The van der Waals surface area contributed by atoms with Gasteiger partial charge in [0.1, 0.15) is 0 Å². The Hall–Kier alpha value is -1.03. The number of hydrogen-bond donors (Lipinski definition) is 1. The fourth-order valence-corrected chi connectivity index (χ4v) is 3.73. The topological polar surface area (TPSA) is 33.1 Å². The van der Waals surface area contributed by atoms with Crippen molar-refractivity contribution >= 4 is 5.95 Å². The predicted molar refractivity (Wildman–Crippen MR) is 82.9 cm³/mol. The molecule has 2 heterocycles. The van der Waals surface area contributed by atoms with E-state index in [1.165, 1.54) is 58.0 Å². The van der Waals surface area contributed by atoms with Gasteiger partial charge in [-0.1, -0.05) is 19.3 Å². The summed E-state index contributed by atoms with van der Waals surface area (Å²) < 4.78 is 2.33. The van der Waals surface area contributed by atoms with Gasteiger partial charge in [0.15, 0.2) is 0 Å². The van der Waals surface area contributed by atoms with Gasteiger partial charge in [0.25, 0.3) is 0 Å². The molecule has 1 saturated carbocycles. The Kier molecular flexibility index (Phi) is 4.61. The molecule has 1 aliphatic carbocycles. The Morgan fingerprint density at radius 1 is 1.20 bits per heavy atom. The number of rotatable bonds is 4. The van der Waals surface area contributed by atoms with Crippen LogP contribution in [-0.4, -0.2) is 40.6 Å². The van der Waals surface area contributed by atoms with Crippen LogP contribution >= 0.6 is 0 Å². The lowest BCUT2D eigenvalue weighted by atomic mass is 9.96. The normalized spacial score (nSPS) is 25.8. The molecule has 0 radical (unpaired) electrons. The summed E-state index contributed by atoms with van der Waals surface area (Å²) in [6.07, 6.45) is 13.5. The molecular formula is C16H28N4. The van der Waals surface area contributed by atoms with Crippen LogP contribution in [0.15, 0.2) is 12.4 Å². The van der Waals surface area contributed by atoms with E-state index in [0.29, 0.717) is 6.04 Å². The second kappa shape index (κ2) is 6.61. The second-order valence-electron chi connectivity index (χ2n) is 6.65. The van der Waals surface area contributed by atoms with Crippen molar-refractivity contribution in [1.82, 2.24) is 14.5 Å². The van der Waals surface area contributed by atoms with Crippen LogP contribution in [0.1, 0.15) is 44.9 Å². The third-order valence-electron chi connectivity index (χ3n) is 4.83. The van der Waals surface area contributed by atoms with E-state index in [2.05, 4.69) is 33.0 Å². The van der Waals surface area contributed by atoms with Gasteiger partial charge in [0.2, 0.25) is 5.95 Å². The van der Waals surface area contributed by atoms with Crippen LogP contribution in [0.3, 0.4) is 0 Å². The van der Waals surface area contributed by atoms with E-state index >= 15 is 0 Å². The van der Waals surface area contributed by atoms with Gasteiger partial charge in [-0.25, -0.2) is 4.98 Å². The van der Waals surface area contributed by atoms with Gasteiger partial charge in [-0.3, -0.25) is 0 Å². The van der Waals surface area contributed by atoms with E-state index in [4.69, 9.17) is 0 Å². The number of imidazole rings is 1.